The fourth-order valence-electron chi connectivity index (χ4n) is 3.75. The lowest BCUT2D eigenvalue weighted by molar-refractivity contribution is -0.132. The van der Waals surface area contributed by atoms with E-state index in [0.29, 0.717) is 31.5 Å². The van der Waals surface area contributed by atoms with E-state index < -0.39 is 11.6 Å². The van der Waals surface area contributed by atoms with Crippen molar-refractivity contribution in [3.05, 3.63) is 71.0 Å². The topological polar surface area (TPSA) is 49.4 Å². The summed E-state index contributed by atoms with van der Waals surface area (Å²) in [4.78, 5) is 26.3. The average Bonchev–Trinajstić information content (AvgIpc) is 2.75. The van der Waals surface area contributed by atoms with Gasteiger partial charge < -0.3 is 10.2 Å². The van der Waals surface area contributed by atoms with Crippen molar-refractivity contribution < 1.29 is 22.8 Å². The van der Waals surface area contributed by atoms with Crippen LogP contribution in [0.1, 0.15) is 36.8 Å². The standard InChI is InChI=1S/C23H25F3N2O2/c24-19-8-2-1-6-18(19)14-27-21(29)11-10-16-5-4-12-28(15-16)22(30)13-17-7-3-9-20(25)23(17)26/h1-3,6-9,16H,4-5,10-15H2,(H,27,29). The fraction of sp³-hybridized carbons (Fsp3) is 0.391. The van der Waals surface area contributed by atoms with Crippen molar-refractivity contribution in [3.63, 3.8) is 0 Å². The van der Waals surface area contributed by atoms with E-state index >= 15 is 0 Å². The lowest BCUT2D eigenvalue weighted by Gasteiger charge is -2.33. The molecule has 1 aliphatic rings. The summed E-state index contributed by atoms with van der Waals surface area (Å²) in [5.74, 6) is -2.53. The Morgan fingerprint density at radius 1 is 1.00 bits per heavy atom. The molecule has 1 unspecified atom stereocenters. The summed E-state index contributed by atoms with van der Waals surface area (Å²) < 4.78 is 40.8. The van der Waals surface area contributed by atoms with Crippen LogP contribution < -0.4 is 5.32 Å². The summed E-state index contributed by atoms with van der Waals surface area (Å²) in [7, 11) is 0. The highest BCUT2D eigenvalue weighted by atomic mass is 19.2. The molecule has 0 aromatic heterocycles. The van der Waals surface area contributed by atoms with Crippen LogP contribution >= 0.6 is 0 Å². The van der Waals surface area contributed by atoms with Gasteiger partial charge in [-0.25, -0.2) is 13.2 Å². The van der Waals surface area contributed by atoms with Gasteiger partial charge in [-0.15, -0.1) is 0 Å². The Labute approximate surface area is 174 Å². The van der Waals surface area contributed by atoms with Gasteiger partial charge >= 0.3 is 0 Å². The van der Waals surface area contributed by atoms with Gasteiger partial charge in [-0.3, -0.25) is 9.59 Å². The second-order valence-corrected chi connectivity index (χ2v) is 7.64. The van der Waals surface area contributed by atoms with Crippen LogP contribution in [0.2, 0.25) is 0 Å². The number of halogens is 3. The summed E-state index contributed by atoms with van der Waals surface area (Å²) >= 11 is 0. The van der Waals surface area contributed by atoms with Gasteiger partial charge in [0.15, 0.2) is 11.6 Å². The maximum Gasteiger partial charge on any atom is 0.227 e. The molecule has 2 aromatic rings. The largest absolute Gasteiger partial charge is 0.352 e. The fourth-order valence-corrected chi connectivity index (χ4v) is 3.75. The second-order valence-electron chi connectivity index (χ2n) is 7.64. The number of amides is 2. The molecule has 0 spiro atoms. The third-order valence-corrected chi connectivity index (χ3v) is 5.46. The van der Waals surface area contributed by atoms with Gasteiger partial charge in [0, 0.05) is 37.2 Å². The number of nitrogens with one attached hydrogen (secondary N) is 1. The summed E-state index contributed by atoms with van der Waals surface area (Å²) in [6.07, 6.45) is 2.43. The zero-order valence-corrected chi connectivity index (χ0v) is 16.7. The molecule has 1 atom stereocenters. The van der Waals surface area contributed by atoms with Gasteiger partial charge in [-0.1, -0.05) is 30.3 Å². The molecule has 0 radical (unpaired) electrons. The Bertz CT molecular complexity index is 904. The van der Waals surface area contributed by atoms with Crippen molar-refractivity contribution in [1.82, 2.24) is 10.2 Å². The molecule has 1 fully saturated rings. The highest BCUT2D eigenvalue weighted by Crippen LogP contribution is 2.22. The van der Waals surface area contributed by atoms with Crippen LogP contribution in [0.4, 0.5) is 13.2 Å². The zero-order valence-electron chi connectivity index (χ0n) is 16.7. The van der Waals surface area contributed by atoms with Crippen LogP contribution in [-0.2, 0) is 22.6 Å². The van der Waals surface area contributed by atoms with Crippen LogP contribution in [0.3, 0.4) is 0 Å². The number of piperidine rings is 1. The molecule has 1 saturated heterocycles. The molecule has 160 valence electrons. The molecule has 1 heterocycles. The summed E-state index contributed by atoms with van der Waals surface area (Å²) in [6, 6.07) is 10.1. The van der Waals surface area contributed by atoms with E-state index in [-0.39, 0.29) is 42.1 Å². The SMILES string of the molecule is O=C(CCC1CCCN(C(=O)Cc2cccc(F)c2F)C1)NCc1ccccc1F. The highest BCUT2D eigenvalue weighted by Gasteiger charge is 2.25. The van der Waals surface area contributed by atoms with E-state index in [4.69, 9.17) is 0 Å². The van der Waals surface area contributed by atoms with E-state index in [1.807, 2.05) is 0 Å². The molecule has 2 aromatic carbocycles. The van der Waals surface area contributed by atoms with Crippen molar-refractivity contribution in [1.29, 1.82) is 0 Å². The van der Waals surface area contributed by atoms with Crippen molar-refractivity contribution in [2.24, 2.45) is 5.92 Å². The Hall–Kier alpha value is -2.83. The molecule has 0 aliphatic carbocycles. The van der Waals surface area contributed by atoms with E-state index in [2.05, 4.69) is 5.32 Å². The number of carbonyl (C=O) groups excluding carboxylic acids is 2. The van der Waals surface area contributed by atoms with E-state index in [1.54, 1.807) is 23.1 Å². The Kier molecular flexibility index (Phi) is 7.49. The van der Waals surface area contributed by atoms with Crippen molar-refractivity contribution in [2.75, 3.05) is 13.1 Å². The van der Waals surface area contributed by atoms with Crippen molar-refractivity contribution in [3.8, 4) is 0 Å². The summed E-state index contributed by atoms with van der Waals surface area (Å²) in [5.41, 5.74) is 0.486. The normalized spacial score (nSPS) is 16.4. The minimum absolute atomic E-state index is 0.0506. The summed E-state index contributed by atoms with van der Waals surface area (Å²) in [6.45, 7) is 1.21. The van der Waals surface area contributed by atoms with Crippen LogP contribution in [-0.4, -0.2) is 29.8 Å². The number of hydrogen-bond acceptors (Lipinski definition) is 2. The lowest BCUT2D eigenvalue weighted by atomic mass is 9.93. The molecule has 0 bridgehead atoms. The average molecular weight is 418 g/mol. The zero-order chi connectivity index (χ0) is 21.5. The molecule has 1 aliphatic heterocycles. The molecule has 4 nitrogen and oxygen atoms in total. The molecule has 1 N–H and O–H groups in total. The number of carbonyl (C=O) groups is 2. The molecular formula is C23H25F3N2O2. The van der Waals surface area contributed by atoms with E-state index in [0.717, 1.165) is 18.9 Å². The summed E-state index contributed by atoms with van der Waals surface area (Å²) in [5, 5.41) is 2.72. The minimum atomic E-state index is -0.981. The van der Waals surface area contributed by atoms with Crippen LogP contribution in [0.15, 0.2) is 42.5 Å². The highest BCUT2D eigenvalue weighted by molar-refractivity contribution is 5.79. The monoisotopic (exact) mass is 418 g/mol. The predicted octanol–water partition coefficient (Wildman–Crippen LogP) is 3.98. The Morgan fingerprint density at radius 2 is 1.73 bits per heavy atom. The van der Waals surface area contributed by atoms with Gasteiger partial charge in [0.05, 0.1) is 6.42 Å². The van der Waals surface area contributed by atoms with Crippen LogP contribution in [0, 0.1) is 23.4 Å². The van der Waals surface area contributed by atoms with Crippen molar-refractivity contribution in [2.45, 2.75) is 38.6 Å². The molecule has 30 heavy (non-hydrogen) atoms. The maximum absolute atomic E-state index is 13.8. The number of rotatable bonds is 7. The first-order valence-electron chi connectivity index (χ1n) is 10.1. The van der Waals surface area contributed by atoms with Gasteiger partial charge in [0.1, 0.15) is 5.82 Å². The first-order chi connectivity index (χ1) is 14.4. The van der Waals surface area contributed by atoms with E-state index in [1.165, 1.54) is 18.2 Å². The first-order valence-corrected chi connectivity index (χ1v) is 10.1. The van der Waals surface area contributed by atoms with Crippen LogP contribution in [0.5, 0.6) is 0 Å². The number of benzene rings is 2. The van der Waals surface area contributed by atoms with Crippen LogP contribution in [0.25, 0.3) is 0 Å². The molecule has 0 saturated carbocycles. The number of likely N-dealkylation sites (tertiary alicyclic amines) is 1. The Balaban J connectivity index is 1.45. The van der Waals surface area contributed by atoms with Gasteiger partial charge in [0.2, 0.25) is 11.8 Å². The third-order valence-electron chi connectivity index (χ3n) is 5.46. The Morgan fingerprint density at radius 3 is 2.53 bits per heavy atom. The predicted molar refractivity (Wildman–Crippen MR) is 107 cm³/mol. The molecule has 2 amide bonds. The van der Waals surface area contributed by atoms with Crippen molar-refractivity contribution >= 4 is 11.8 Å². The smallest absolute Gasteiger partial charge is 0.227 e. The third kappa shape index (κ3) is 5.84. The van der Waals surface area contributed by atoms with E-state index in [9.17, 15) is 22.8 Å². The van der Waals surface area contributed by atoms with Gasteiger partial charge in [-0.05, 0) is 37.3 Å². The second kappa shape index (κ2) is 10.3. The van der Waals surface area contributed by atoms with Gasteiger partial charge in [-0.2, -0.15) is 0 Å². The van der Waals surface area contributed by atoms with Gasteiger partial charge in [0.25, 0.3) is 0 Å². The molecule has 3 rings (SSSR count). The number of nitrogens with zero attached hydrogens (tertiary/aromatic N) is 1. The molecular weight excluding hydrogens is 393 g/mol. The first kappa shape index (κ1) is 21.9. The molecule has 7 heteroatoms. The maximum atomic E-state index is 13.8. The quantitative estimate of drug-likeness (QED) is 0.740. The number of hydrogen-bond donors (Lipinski definition) is 1. The minimum Gasteiger partial charge on any atom is -0.352 e. The lowest BCUT2D eigenvalue weighted by Crippen LogP contribution is -2.41.